The van der Waals surface area contributed by atoms with Gasteiger partial charge in [-0.05, 0) is 53.9 Å². The van der Waals surface area contributed by atoms with Crippen molar-refractivity contribution < 1.29 is 22.6 Å². The lowest BCUT2D eigenvalue weighted by molar-refractivity contribution is -0.137. The monoisotopic (exact) mass is 488 g/mol. The highest BCUT2D eigenvalue weighted by atomic mass is 35.5. The zero-order valence-corrected chi connectivity index (χ0v) is 19.4. The predicted octanol–water partition coefficient (Wildman–Crippen LogP) is 7.87. The van der Waals surface area contributed by atoms with Gasteiger partial charge >= 0.3 is 6.18 Å². The minimum absolute atomic E-state index is 0.0388. The average Bonchev–Trinajstić information content (AvgIpc) is 2.80. The number of ether oxygens (including phenoxy) is 2. The van der Waals surface area contributed by atoms with Crippen LogP contribution in [0, 0.1) is 17.2 Å². The zero-order chi connectivity index (χ0) is 24.7. The number of rotatable bonds is 9. The van der Waals surface area contributed by atoms with Gasteiger partial charge in [0, 0.05) is 0 Å². The lowest BCUT2D eigenvalue weighted by atomic mass is 10.0. The van der Waals surface area contributed by atoms with Gasteiger partial charge in [-0.1, -0.05) is 55.8 Å². The first-order valence-electron chi connectivity index (χ1n) is 10.6. The summed E-state index contributed by atoms with van der Waals surface area (Å²) in [7, 11) is 0. The summed E-state index contributed by atoms with van der Waals surface area (Å²) in [6, 6.07) is 21.4. The Bertz CT molecular complexity index is 1130. The molecule has 2 atom stereocenters. The maximum absolute atomic E-state index is 12.9. The minimum atomic E-state index is -4.47. The molecule has 0 saturated carbocycles. The molecule has 0 radical (unpaired) electrons. The molecule has 8 heteroatoms. The molecule has 0 aliphatic rings. The summed E-state index contributed by atoms with van der Waals surface area (Å²) >= 11 is 6.08. The molecule has 0 aliphatic heterocycles. The molecule has 0 amide bonds. The Balaban J connectivity index is 1.69. The van der Waals surface area contributed by atoms with Gasteiger partial charge in [0.05, 0.1) is 35.0 Å². The van der Waals surface area contributed by atoms with E-state index in [0.29, 0.717) is 22.7 Å². The second-order valence-corrected chi connectivity index (χ2v) is 8.42. The van der Waals surface area contributed by atoms with Crippen molar-refractivity contribution in [2.45, 2.75) is 32.2 Å². The molecule has 3 aromatic rings. The van der Waals surface area contributed by atoms with Crippen molar-refractivity contribution in [3.63, 3.8) is 0 Å². The molecule has 34 heavy (non-hydrogen) atoms. The van der Waals surface area contributed by atoms with Crippen LogP contribution in [-0.2, 0) is 10.9 Å². The minimum Gasteiger partial charge on any atom is -0.457 e. The van der Waals surface area contributed by atoms with Crippen molar-refractivity contribution in [3.8, 4) is 17.6 Å². The maximum atomic E-state index is 12.9. The van der Waals surface area contributed by atoms with Gasteiger partial charge in [0.25, 0.3) is 0 Å². The lowest BCUT2D eigenvalue weighted by Crippen LogP contribution is -2.31. The van der Waals surface area contributed by atoms with Crippen LogP contribution in [0.25, 0.3) is 0 Å². The highest BCUT2D eigenvalue weighted by Crippen LogP contribution is 2.34. The first kappa shape index (κ1) is 25.4. The van der Waals surface area contributed by atoms with Crippen LogP contribution in [0.1, 0.15) is 31.1 Å². The SMILES string of the molecule is CC(C)C(COC(C#N)c1cccc(Oc2ccccc2)c1)Nc1ccc(C(F)(F)F)cc1Cl. The van der Waals surface area contributed by atoms with Crippen LogP contribution < -0.4 is 10.1 Å². The molecule has 2 unspecified atom stereocenters. The molecule has 0 heterocycles. The van der Waals surface area contributed by atoms with E-state index < -0.39 is 17.8 Å². The van der Waals surface area contributed by atoms with E-state index in [9.17, 15) is 18.4 Å². The Kier molecular flexibility index (Phi) is 8.43. The first-order chi connectivity index (χ1) is 16.2. The van der Waals surface area contributed by atoms with Gasteiger partial charge in [-0.3, -0.25) is 0 Å². The topological polar surface area (TPSA) is 54.3 Å². The van der Waals surface area contributed by atoms with E-state index in [2.05, 4.69) is 11.4 Å². The van der Waals surface area contributed by atoms with Crippen molar-refractivity contribution in [3.05, 3.63) is 88.9 Å². The predicted molar refractivity (Wildman–Crippen MR) is 126 cm³/mol. The Hall–Kier alpha value is -3.21. The van der Waals surface area contributed by atoms with Crippen LogP contribution in [0.3, 0.4) is 0 Å². The molecule has 0 aromatic heterocycles. The fourth-order valence-electron chi connectivity index (χ4n) is 3.18. The van der Waals surface area contributed by atoms with Crippen LogP contribution in [0.15, 0.2) is 72.8 Å². The molecule has 1 N–H and O–H groups in total. The molecular formula is C26H24ClF3N2O2. The third-order valence-electron chi connectivity index (χ3n) is 5.14. The highest BCUT2D eigenvalue weighted by molar-refractivity contribution is 6.33. The van der Waals surface area contributed by atoms with Gasteiger partial charge < -0.3 is 14.8 Å². The number of halogens is 4. The highest BCUT2D eigenvalue weighted by Gasteiger charge is 2.31. The zero-order valence-electron chi connectivity index (χ0n) is 18.6. The second-order valence-electron chi connectivity index (χ2n) is 8.02. The van der Waals surface area contributed by atoms with Crippen molar-refractivity contribution in [1.82, 2.24) is 0 Å². The van der Waals surface area contributed by atoms with E-state index in [-0.39, 0.29) is 23.6 Å². The second kappa shape index (κ2) is 11.3. The Morgan fingerprint density at radius 2 is 1.68 bits per heavy atom. The fraction of sp³-hybridized carbons (Fsp3) is 0.269. The van der Waals surface area contributed by atoms with Gasteiger partial charge in [-0.25, -0.2) is 0 Å². The van der Waals surface area contributed by atoms with E-state index in [1.165, 1.54) is 6.07 Å². The molecule has 178 valence electrons. The van der Waals surface area contributed by atoms with Crippen molar-refractivity contribution in [2.75, 3.05) is 11.9 Å². The fourth-order valence-corrected chi connectivity index (χ4v) is 3.42. The molecule has 0 spiro atoms. The number of hydrogen-bond acceptors (Lipinski definition) is 4. The lowest BCUT2D eigenvalue weighted by Gasteiger charge is -2.25. The summed E-state index contributed by atoms with van der Waals surface area (Å²) in [6.07, 6.45) is -5.33. The van der Waals surface area contributed by atoms with Crippen LogP contribution in [0.4, 0.5) is 18.9 Å². The molecular weight excluding hydrogens is 465 g/mol. The molecule has 3 rings (SSSR count). The smallest absolute Gasteiger partial charge is 0.416 e. The number of alkyl halides is 3. The van der Waals surface area contributed by atoms with Crippen LogP contribution >= 0.6 is 11.6 Å². The summed E-state index contributed by atoms with van der Waals surface area (Å²) in [5.74, 6) is 1.29. The summed E-state index contributed by atoms with van der Waals surface area (Å²) in [6.45, 7) is 4.01. The largest absolute Gasteiger partial charge is 0.457 e. The number of anilines is 1. The molecule has 3 aromatic carbocycles. The number of nitriles is 1. The molecule has 0 saturated heterocycles. The van der Waals surface area contributed by atoms with Gasteiger partial charge in [-0.15, -0.1) is 0 Å². The number of nitrogens with one attached hydrogen (secondary N) is 1. The van der Waals surface area contributed by atoms with Crippen molar-refractivity contribution >= 4 is 17.3 Å². The Labute approximate surface area is 201 Å². The van der Waals surface area contributed by atoms with E-state index in [4.69, 9.17) is 21.1 Å². The Morgan fingerprint density at radius 1 is 0.971 bits per heavy atom. The maximum Gasteiger partial charge on any atom is 0.416 e. The normalized spacial score (nSPS) is 13.2. The van der Waals surface area contributed by atoms with Crippen molar-refractivity contribution in [1.29, 1.82) is 5.26 Å². The Morgan fingerprint density at radius 3 is 2.29 bits per heavy atom. The number of hydrogen-bond donors (Lipinski definition) is 1. The quantitative estimate of drug-likeness (QED) is 0.333. The van der Waals surface area contributed by atoms with Crippen LogP contribution in [-0.4, -0.2) is 12.6 Å². The van der Waals surface area contributed by atoms with E-state index >= 15 is 0 Å². The summed E-state index contributed by atoms with van der Waals surface area (Å²) < 4.78 is 50.5. The van der Waals surface area contributed by atoms with Gasteiger partial charge in [0.2, 0.25) is 0 Å². The molecule has 0 bridgehead atoms. The molecule has 4 nitrogen and oxygen atoms in total. The van der Waals surface area contributed by atoms with Gasteiger partial charge in [-0.2, -0.15) is 18.4 Å². The summed E-state index contributed by atoms with van der Waals surface area (Å²) in [5.41, 5.74) is 0.178. The molecule has 0 aliphatic carbocycles. The van der Waals surface area contributed by atoms with Gasteiger partial charge in [0.1, 0.15) is 11.5 Å². The summed E-state index contributed by atoms with van der Waals surface area (Å²) in [4.78, 5) is 0. The number of para-hydroxylation sites is 1. The van der Waals surface area contributed by atoms with E-state index in [1.54, 1.807) is 24.3 Å². The first-order valence-corrected chi connectivity index (χ1v) is 11.0. The van der Waals surface area contributed by atoms with E-state index in [0.717, 1.165) is 12.1 Å². The average molecular weight is 489 g/mol. The van der Waals surface area contributed by atoms with Crippen molar-refractivity contribution in [2.24, 2.45) is 5.92 Å². The third-order valence-corrected chi connectivity index (χ3v) is 5.45. The third kappa shape index (κ3) is 6.89. The molecule has 0 fully saturated rings. The summed E-state index contributed by atoms with van der Waals surface area (Å²) in [5, 5.41) is 12.8. The number of benzene rings is 3. The van der Waals surface area contributed by atoms with E-state index in [1.807, 2.05) is 44.2 Å². The standard InChI is InChI=1S/C26H24ClF3N2O2/c1-17(2)24(32-23-12-11-19(14-22(23)27)26(28,29)30)16-33-25(15-31)18-7-6-10-21(13-18)34-20-8-4-3-5-9-20/h3-14,17,24-25,32H,16H2,1-2H3. The van der Waals surface area contributed by atoms with Crippen LogP contribution in [0.2, 0.25) is 5.02 Å². The number of nitrogens with zero attached hydrogens (tertiary/aromatic N) is 1. The van der Waals surface area contributed by atoms with Crippen LogP contribution in [0.5, 0.6) is 11.5 Å². The van der Waals surface area contributed by atoms with Gasteiger partial charge in [0.15, 0.2) is 6.10 Å².